The Morgan fingerprint density at radius 1 is 1.35 bits per heavy atom. The second-order valence-corrected chi connectivity index (χ2v) is 5.42. The van der Waals surface area contributed by atoms with Crippen LogP contribution in [0.15, 0.2) is 24.3 Å². The SMILES string of the molecule is O=C(COc1ccccc1F)NCC(C(=O)O)C1CCOCC1. The molecule has 1 aliphatic heterocycles. The average molecular weight is 325 g/mol. The van der Waals surface area contributed by atoms with Gasteiger partial charge in [-0.25, -0.2) is 4.39 Å². The molecule has 1 aromatic carbocycles. The number of ether oxygens (including phenoxy) is 2. The first-order valence-electron chi connectivity index (χ1n) is 7.52. The Morgan fingerprint density at radius 3 is 2.70 bits per heavy atom. The molecule has 0 saturated carbocycles. The van der Waals surface area contributed by atoms with Crippen molar-refractivity contribution in [3.63, 3.8) is 0 Å². The van der Waals surface area contributed by atoms with Gasteiger partial charge in [-0.05, 0) is 30.9 Å². The van der Waals surface area contributed by atoms with Crippen LogP contribution in [0.1, 0.15) is 12.8 Å². The molecule has 7 heteroatoms. The van der Waals surface area contributed by atoms with Crippen molar-refractivity contribution < 1.29 is 28.6 Å². The number of aliphatic carboxylic acids is 1. The van der Waals surface area contributed by atoms with Gasteiger partial charge >= 0.3 is 5.97 Å². The highest BCUT2D eigenvalue weighted by atomic mass is 19.1. The Morgan fingerprint density at radius 2 is 2.04 bits per heavy atom. The Bertz CT molecular complexity index is 545. The highest BCUT2D eigenvalue weighted by molar-refractivity contribution is 5.78. The molecule has 1 aromatic rings. The molecule has 0 radical (unpaired) electrons. The Balaban J connectivity index is 1.79. The highest BCUT2D eigenvalue weighted by Gasteiger charge is 2.30. The lowest BCUT2D eigenvalue weighted by Gasteiger charge is -2.27. The standard InChI is InChI=1S/C16H20FNO5/c17-13-3-1-2-4-14(13)23-10-15(19)18-9-12(16(20)21)11-5-7-22-8-6-11/h1-4,11-12H,5-10H2,(H,18,19)(H,20,21). The zero-order valence-corrected chi connectivity index (χ0v) is 12.7. The summed E-state index contributed by atoms with van der Waals surface area (Å²) in [7, 11) is 0. The van der Waals surface area contributed by atoms with Gasteiger partial charge < -0.3 is 19.9 Å². The van der Waals surface area contributed by atoms with Gasteiger partial charge in [-0.15, -0.1) is 0 Å². The number of hydrogen-bond donors (Lipinski definition) is 2. The van der Waals surface area contributed by atoms with Crippen LogP contribution < -0.4 is 10.1 Å². The summed E-state index contributed by atoms with van der Waals surface area (Å²) < 4.78 is 23.7. The third kappa shape index (κ3) is 5.21. The third-order valence-corrected chi connectivity index (χ3v) is 3.87. The molecule has 1 saturated heterocycles. The van der Waals surface area contributed by atoms with E-state index in [1.807, 2.05) is 0 Å². The molecule has 23 heavy (non-hydrogen) atoms. The lowest BCUT2D eigenvalue weighted by Crippen LogP contribution is -2.40. The molecule has 1 aliphatic rings. The van der Waals surface area contributed by atoms with E-state index in [2.05, 4.69) is 5.32 Å². The maximum Gasteiger partial charge on any atom is 0.308 e. The van der Waals surface area contributed by atoms with Gasteiger partial charge in [0, 0.05) is 19.8 Å². The van der Waals surface area contributed by atoms with Crippen molar-refractivity contribution in [1.29, 1.82) is 0 Å². The molecule has 0 bridgehead atoms. The van der Waals surface area contributed by atoms with E-state index in [4.69, 9.17) is 9.47 Å². The summed E-state index contributed by atoms with van der Waals surface area (Å²) in [6, 6.07) is 5.78. The second-order valence-electron chi connectivity index (χ2n) is 5.42. The number of para-hydroxylation sites is 1. The maximum absolute atomic E-state index is 13.4. The fraction of sp³-hybridized carbons (Fsp3) is 0.500. The van der Waals surface area contributed by atoms with Crippen molar-refractivity contribution in [2.45, 2.75) is 12.8 Å². The Hall–Kier alpha value is -2.15. The number of carboxylic acid groups (broad SMARTS) is 1. The van der Waals surface area contributed by atoms with Crippen molar-refractivity contribution in [3.8, 4) is 5.75 Å². The molecule has 1 amide bonds. The molecule has 0 aromatic heterocycles. The van der Waals surface area contributed by atoms with Gasteiger partial charge in [0.25, 0.3) is 5.91 Å². The molecule has 2 N–H and O–H groups in total. The zero-order valence-electron chi connectivity index (χ0n) is 12.7. The van der Waals surface area contributed by atoms with E-state index >= 15 is 0 Å². The van der Waals surface area contributed by atoms with Gasteiger partial charge in [0.1, 0.15) is 0 Å². The van der Waals surface area contributed by atoms with Crippen LogP contribution in [0.5, 0.6) is 5.75 Å². The summed E-state index contributed by atoms with van der Waals surface area (Å²) in [5.41, 5.74) is 0. The fourth-order valence-corrected chi connectivity index (χ4v) is 2.55. The Kier molecular flexibility index (Phi) is 6.34. The van der Waals surface area contributed by atoms with Crippen LogP contribution in [-0.4, -0.2) is 43.3 Å². The molecule has 0 spiro atoms. The zero-order chi connectivity index (χ0) is 16.7. The minimum atomic E-state index is -0.938. The molecule has 1 atom stereocenters. The number of halogens is 1. The summed E-state index contributed by atoms with van der Waals surface area (Å²) in [6.07, 6.45) is 1.33. The van der Waals surface area contributed by atoms with Gasteiger partial charge in [-0.2, -0.15) is 0 Å². The predicted octanol–water partition coefficient (Wildman–Crippen LogP) is 1.45. The number of carbonyl (C=O) groups excluding carboxylic acids is 1. The largest absolute Gasteiger partial charge is 0.481 e. The van der Waals surface area contributed by atoms with E-state index in [-0.39, 0.29) is 24.8 Å². The minimum Gasteiger partial charge on any atom is -0.481 e. The van der Waals surface area contributed by atoms with Crippen LogP contribution in [0.25, 0.3) is 0 Å². The first-order chi connectivity index (χ1) is 11.1. The molecule has 1 heterocycles. The van der Waals surface area contributed by atoms with E-state index in [1.54, 1.807) is 6.07 Å². The number of benzene rings is 1. The number of amides is 1. The first kappa shape index (κ1) is 17.2. The predicted molar refractivity (Wildman–Crippen MR) is 79.6 cm³/mol. The summed E-state index contributed by atoms with van der Waals surface area (Å²) in [5.74, 6) is -2.66. The number of rotatable bonds is 7. The number of hydrogen-bond acceptors (Lipinski definition) is 4. The molecule has 126 valence electrons. The summed E-state index contributed by atoms with van der Waals surface area (Å²) in [6.45, 7) is 0.748. The van der Waals surface area contributed by atoms with Crippen molar-refractivity contribution in [2.24, 2.45) is 11.8 Å². The van der Waals surface area contributed by atoms with Crippen LogP contribution in [0.4, 0.5) is 4.39 Å². The highest BCUT2D eigenvalue weighted by Crippen LogP contribution is 2.23. The van der Waals surface area contributed by atoms with Gasteiger partial charge in [0.05, 0.1) is 5.92 Å². The average Bonchev–Trinajstić information content (AvgIpc) is 2.55. The smallest absolute Gasteiger partial charge is 0.308 e. The topological polar surface area (TPSA) is 84.9 Å². The molecule has 2 rings (SSSR count). The molecule has 1 unspecified atom stereocenters. The maximum atomic E-state index is 13.4. The number of nitrogens with one attached hydrogen (secondary N) is 1. The fourth-order valence-electron chi connectivity index (χ4n) is 2.55. The van der Waals surface area contributed by atoms with Crippen molar-refractivity contribution >= 4 is 11.9 Å². The molecular weight excluding hydrogens is 305 g/mol. The molecule has 6 nitrogen and oxygen atoms in total. The Labute approximate surface area is 133 Å². The van der Waals surface area contributed by atoms with Gasteiger partial charge in [-0.3, -0.25) is 9.59 Å². The van der Waals surface area contributed by atoms with E-state index < -0.39 is 23.6 Å². The van der Waals surface area contributed by atoms with Crippen LogP contribution in [0, 0.1) is 17.7 Å². The number of carbonyl (C=O) groups is 2. The lowest BCUT2D eigenvalue weighted by atomic mass is 9.86. The van der Waals surface area contributed by atoms with Crippen molar-refractivity contribution in [3.05, 3.63) is 30.1 Å². The van der Waals surface area contributed by atoms with E-state index in [9.17, 15) is 19.1 Å². The normalized spacial score (nSPS) is 16.6. The molecule has 0 aliphatic carbocycles. The van der Waals surface area contributed by atoms with Crippen LogP contribution in [0.2, 0.25) is 0 Å². The van der Waals surface area contributed by atoms with Crippen LogP contribution in [-0.2, 0) is 14.3 Å². The van der Waals surface area contributed by atoms with Crippen LogP contribution >= 0.6 is 0 Å². The summed E-state index contributed by atoms with van der Waals surface area (Å²) >= 11 is 0. The molecular formula is C16H20FNO5. The van der Waals surface area contributed by atoms with E-state index in [1.165, 1.54) is 18.2 Å². The van der Waals surface area contributed by atoms with E-state index in [0.29, 0.717) is 26.1 Å². The second kappa shape index (κ2) is 8.47. The quantitative estimate of drug-likeness (QED) is 0.792. The lowest BCUT2D eigenvalue weighted by molar-refractivity contribution is -0.145. The minimum absolute atomic E-state index is 0.0122. The molecule has 1 fully saturated rings. The van der Waals surface area contributed by atoms with Gasteiger partial charge in [0.2, 0.25) is 0 Å². The number of carboxylic acids is 1. The monoisotopic (exact) mass is 325 g/mol. The van der Waals surface area contributed by atoms with Crippen molar-refractivity contribution in [1.82, 2.24) is 5.32 Å². The summed E-state index contributed by atoms with van der Waals surface area (Å²) in [4.78, 5) is 23.1. The summed E-state index contributed by atoms with van der Waals surface area (Å²) in [5, 5.41) is 11.9. The van der Waals surface area contributed by atoms with Gasteiger partial charge in [0.15, 0.2) is 18.2 Å². The van der Waals surface area contributed by atoms with Crippen LogP contribution in [0.3, 0.4) is 0 Å². The van der Waals surface area contributed by atoms with E-state index in [0.717, 1.165) is 0 Å². The van der Waals surface area contributed by atoms with Gasteiger partial charge in [-0.1, -0.05) is 12.1 Å². The third-order valence-electron chi connectivity index (χ3n) is 3.87. The first-order valence-corrected chi connectivity index (χ1v) is 7.52. The van der Waals surface area contributed by atoms with Crippen molar-refractivity contribution in [2.75, 3.05) is 26.4 Å².